The number of halogens is 1. The summed E-state index contributed by atoms with van der Waals surface area (Å²) in [5, 5.41) is 0. The third-order valence-electron chi connectivity index (χ3n) is 3.20. The van der Waals surface area contributed by atoms with Crippen molar-refractivity contribution in [3.8, 4) is 0 Å². The summed E-state index contributed by atoms with van der Waals surface area (Å²) in [5.41, 5.74) is 3.80. The SMILES string of the molecule is Cc1nc2ccc(N(C)c3ncc(Br)cc3C)cc2o1. The minimum Gasteiger partial charge on any atom is -0.441 e. The van der Waals surface area contributed by atoms with Gasteiger partial charge in [-0.3, -0.25) is 0 Å². The average molecular weight is 332 g/mol. The van der Waals surface area contributed by atoms with Gasteiger partial charge in [-0.15, -0.1) is 0 Å². The summed E-state index contributed by atoms with van der Waals surface area (Å²) >= 11 is 3.43. The maximum Gasteiger partial charge on any atom is 0.192 e. The number of anilines is 2. The van der Waals surface area contributed by atoms with Crippen LogP contribution in [0, 0.1) is 13.8 Å². The van der Waals surface area contributed by atoms with Crippen molar-refractivity contribution in [3.63, 3.8) is 0 Å². The Morgan fingerprint density at radius 2 is 2.00 bits per heavy atom. The summed E-state index contributed by atoms with van der Waals surface area (Å²) in [6, 6.07) is 8.02. The monoisotopic (exact) mass is 331 g/mol. The van der Waals surface area contributed by atoms with Gasteiger partial charge in [0.1, 0.15) is 11.3 Å². The third kappa shape index (κ3) is 2.29. The Morgan fingerprint density at radius 3 is 2.75 bits per heavy atom. The average Bonchev–Trinajstić information content (AvgIpc) is 2.77. The minimum absolute atomic E-state index is 0.678. The van der Waals surface area contributed by atoms with Crippen molar-refractivity contribution >= 4 is 38.5 Å². The van der Waals surface area contributed by atoms with Gasteiger partial charge >= 0.3 is 0 Å². The van der Waals surface area contributed by atoms with Crippen molar-refractivity contribution in [3.05, 3.63) is 46.4 Å². The van der Waals surface area contributed by atoms with Gasteiger partial charge in [-0.05, 0) is 46.6 Å². The summed E-state index contributed by atoms with van der Waals surface area (Å²) in [5.74, 6) is 1.60. The van der Waals surface area contributed by atoms with E-state index in [1.54, 1.807) is 6.20 Å². The molecule has 0 radical (unpaired) electrons. The fourth-order valence-corrected chi connectivity index (χ4v) is 2.69. The van der Waals surface area contributed by atoms with E-state index < -0.39 is 0 Å². The van der Waals surface area contributed by atoms with Gasteiger partial charge in [0.15, 0.2) is 11.5 Å². The summed E-state index contributed by atoms with van der Waals surface area (Å²) in [6.45, 7) is 3.89. The number of aryl methyl sites for hydroxylation is 2. The molecule has 2 heterocycles. The molecule has 0 fully saturated rings. The first-order chi connectivity index (χ1) is 9.54. The van der Waals surface area contributed by atoms with Crippen molar-refractivity contribution in [1.82, 2.24) is 9.97 Å². The minimum atomic E-state index is 0.678. The number of oxazole rings is 1. The first-order valence-corrected chi connectivity index (χ1v) is 7.07. The molecule has 0 amide bonds. The van der Waals surface area contributed by atoms with Crippen molar-refractivity contribution in [2.24, 2.45) is 0 Å². The van der Waals surface area contributed by atoms with Crippen LogP contribution in [-0.4, -0.2) is 17.0 Å². The van der Waals surface area contributed by atoms with Crippen LogP contribution in [0.15, 0.2) is 39.4 Å². The van der Waals surface area contributed by atoms with E-state index >= 15 is 0 Å². The normalized spacial score (nSPS) is 11.0. The molecule has 5 heteroatoms. The Kier molecular flexibility index (Phi) is 3.22. The number of rotatable bonds is 2. The Balaban J connectivity index is 2.04. The van der Waals surface area contributed by atoms with Crippen LogP contribution in [0.2, 0.25) is 0 Å². The van der Waals surface area contributed by atoms with Crippen LogP contribution in [0.3, 0.4) is 0 Å². The van der Waals surface area contributed by atoms with E-state index in [-0.39, 0.29) is 0 Å². The van der Waals surface area contributed by atoms with E-state index in [1.165, 1.54) is 0 Å². The molecule has 1 aromatic carbocycles. The highest BCUT2D eigenvalue weighted by molar-refractivity contribution is 9.10. The largest absolute Gasteiger partial charge is 0.441 e. The molecule has 0 atom stereocenters. The van der Waals surface area contributed by atoms with Crippen molar-refractivity contribution in [1.29, 1.82) is 0 Å². The van der Waals surface area contributed by atoms with E-state index in [0.29, 0.717) is 5.89 Å². The molecular formula is C15H14BrN3O. The zero-order valence-corrected chi connectivity index (χ0v) is 13.1. The molecule has 4 nitrogen and oxygen atoms in total. The third-order valence-corrected chi connectivity index (χ3v) is 3.63. The lowest BCUT2D eigenvalue weighted by Crippen LogP contribution is -2.12. The van der Waals surface area contributed by atoms with E-state index in [1.807, 2.05) is 44.0 Å². The summed E-state index contributed by atoms with van der Waals surface area (Å²) < 4.78 is 6.56. The van der Waals surface area contributed by atoms with Gasteiger partial charge in [0.05, 0.1) is 0 Å². The molecular weight excluding hydrogens is 318 g/mol. The Bertz CT molecular complexity index is 782. The molecule has 102 valence electrons. The number of aromatic nitrogens is 2. The summed E-state index contributed by atoms with van der Waals surface area (Å²) in [6.07, 6.45) is 1.80. The molecule has 0 saturated heterocycles. The van der Waals surface area contributed by atoms with Gasteiger partial charge < -0.3 is 9.32 Å². The van der Waals surface area contributed by atoms with Crippen LogP contribution < -0.4 is 4.90 Å². The highest BCUT2D eigenvalue weighted by Gasteiger charge is 2.11. The van der Waals surface area contributed by atoms with E-state index in [2.05, 4.69) is 32.0 Å². The lowest BCUT2D eigenvalue weighted by atomic mass is 10.2. The number of nitrogens with zero attached hydrogens (tertiary/aromatic N) is 3. The second kappa shape index (κ2) is 4.90. The Hall–Kier alpha value is -1.88. The van der Waals surface area contributed by atoms with Crippen molar-refractivity contribution in [2.45, 2.75) is 13.8 Å². The second-order valence-corrected chi connectivity index (χ2v) is 5.65. The van der Waals surface area contributed by atoms with Crippen LogP contribution in [0.1, 0.15) is 11.5 Å². The molecule has 0 spiro atoms. The number of fused-ring (bicyclic) bond motifs is 1. The topological polar surface area (TPSA) is 42.2 Å². The first-order valence-electron chi connectivity index (χ1n) is 6.27. The molecule has 3 aromatic rings. The molecule has 0 saturated carbocycles. The van der Waals surface area contributed by atoms with Crippen molar-refractivity contribution in [2.75, 3.05) is 11.9 Å². The number of hydrogen-bond donors (Lipinski definition) is 0. The van der Waals surface area contributed by atoms with E-state index in [4.69, 9.17) is 4.42 Å². The number of hydrogen-bond acceptors (Lipinski definition) is 4. The maximum atomic E-state index is 5.58. The molecule has 2 aromatic heterocycles. The predicted octanol–water partition coefficient (Wildman–Crippen LogP) is 4.37. The van der Waals surface area contributed by atoms with Gasteiger partial charge in [-0.1, -0.05) is 0 Å². The Labute approximate surface area is 125 Å². The van der Waals surface area contributed by atoms with Crippen LogP contribution in [-0.2, 0) is 0 Å². The van der Waals surface area contributed by atoms with Crippen molar-refractivity contribution < 1.29 is 4.42 Å². The van der Waals surface area contributed by atoms with Gasteiger partial charge in [-0.25, -0.2) is 9.97 Å². The smallest absolute Gasteiger partial charge is 0.192 e. The van der Waals surface area contributed by atoms with Crippen LogP contribution >= 0.6 is 15.9 Å². The van der Waals surface area contributed by atoms with Crippen LogP contribution in [0.5, 0.6) is 0 Å². The zero-order valence-electron chi connectivity index (χ0n) is 11.5. The lowest BCUT2D eigenvalue weighted by molar-refractivity contribution is 0.561. The van der Waals surface area contributed by atoms with Gasteiger partial charge in [0, 0.05) is 36.4 Å². The number of pyridine rings is 1. The van der Waals surface area contributed by atoms with E-state index in [0.717, 1.165) is 32.6 Å². The first kappa shape index (κ1) is 13.1. The quantitative estimate of drug-likeness (QED) is 0.699. The molecule has 0 aliphatic heterocycles. The molecule has 0 bridgehead atoms. The van der Waals surface area contributed by atoms with Gasteiger partial charge in [0.25, 0.3) is 0 Å². The predicted molar refractivity (Wildman–Crippen MR) is 83.5 cm³/mol. The zero-order chi connectivity index (χ0) is 14.3. The molecule has 3 rings (SSSR count). The van der Waals surface area contributed by atoms with Crippen LogP contribution in [0.4, 0.5) is 11.5 Å². The molecule has 0 N–H and O–H groups in total. The molecule has 0 aliphatic carbocycles. The molecule has 0 aliphatic rings. The molecule has 20 heavy (non-hydrogen) atoms. The standard InChI is InChI=1S/C15H14BrN3O/c1-9-6-11(16)8-17-15(9)19(3)12-4-5-13-14(7-12)20-10(2)18-13/h4-8H,1-3H3. The lowest BCUT2D eigenvalue weighted by Gasteiger charge is -2.20. The fraction of sp³-hybridized carbons (Fsp3) is 0.200. The van der Waals surface area contributed by atoms with Gasteiger partial charge in [-0.2, -0.15) is 0 Å². The van der Waals surface area contributed by atoms with E-state index in [9.17, 15) is 0 Å². The maximum absolute atomic E-state index is 5.58. The number of benzene rings is 1. The summed E-state index contributed by atoms with van der Waals surface area (Å²) in [7, 11) is 1.99. The Morgan fingerprint density at radius 1 is 1.20 bits per heavy atom. The van der Waals surface area contributed by atoms with Gasteiger partial charge in [0.2, 0.25) is 0 Å². The summed E-state index contributed by atoms with van der Waals surface area (Å²) in [4.78, 5) is 10.8. The second-order valence-electron chi connectivity index (χ2n) is 4.74. The fourth-order valence-electron chi connectivity index (χ4n) is 2.24. The van der Waals surface area contributed by atoms with Crippen LogP contribution in [0.25, 0.3) is 11.1 Å². The molecule has 0 unspecified atom stereocenters. The highest BCUT2D eigenvalue weighted by Crippen LogP contribution is 2.29. The highest BCUT2D eigenvalue weighted by atomic mass is 79.9.